The molecule has 0 heterocycles. The van der Waals surface area contributed by atoms with Crippen LogP contribution in [0, 0.1) is 13.8 Å². The molecule has 2 aromatic carbocycles. The van der Waals surface area contributed by atoms with Crippen molar-refractivity contribution in [2.45, 2.75) is 25.2 Å². The van der Waals surface area contributed by atoms with E-state index in [2.05, 4.69) is 5.32 Å². The van der Waals surface area contributed by atoms with Gasteiger partial charge in [0.2, 0.25) is 15.9 Å². The third-order valence-electron chi connectivity index (χ3n) is 3.80. The van der Waals surface area contributed by atoms with Crippen molar-refractivity contribution >= 4 is 15.9 Å². The first kappa shape index (κ1) is 20.7. The van der Waals surface area contributed by atoms with Crippen LogP contribution in [-0.2, 0) is 14.8 Å². The summed E-state index contributed by atoms with van der Waals surface area (Å²) in [4.78, 5) is 11.9. The van der Waals surface area contributed by atoms with Crippen LogP contribution in [0.25, 0.3) is 0 Å². The summed E-state index contributed by atoms with van der Waals surface area (Å²) in [6.45, 7) is 4.29. The highest BCUT2D eigenvalue weighted by molar-refractivity contribution is 7.89. The van der Waals surface area contributed by atoms with Gasteiger partial charge < -0.3 is 14.8 Å². The zero-order chi connectivity index (χ0) is 19.9. The van der Waals surface area contributed by atoms with Gasteiger partial charge in [0.25, 0.3) is 0 Å². The normalized spacial score (nSPS) is 11.1. The highest BCUT2D eigenvalue weighted by Gasteiger charge is 2.14. The molecular weight excluding hydrogens is 368 g/mol. The van der Waals surface area contributed by atoms with Crippen molar-refractivity contribution in [3.63, 3.8) is 0 Å². The fourth-order valence-electron chi connectivity index (χ4n) is 2.44. The Morgan fingerprint density at radius 2 is 1.74 bits per heavy atom. The summed E-state index contributed by atoms with van der Waals surface area (Å²) < 4.78 is 34.1. The van der Waals surface area contributed by atoms with Gasteiger partial charge in [0, 0.05) is 0 Å². The maximum absolute atomic E-state index is 11.8. The molecule has 2 rings (SSSR count). The Morgan fingerprint density at radius 3 is 2.41 bits per heavy atom. The second-order valence-electron chi connectivity index (χ2n) is 6.04. The van der Waals surface area contributed by atoms with Crippen LogP contribution < -0.4 is 19.9 Å². The van der Waals surface area contributed by atoms with Crippen molar-refractivity contribution < 1.29 is 22.7 Å². The van der Waals surface area contributed by atoms with Crippen molar-refractivity contribution in [2.24, 2.45) is 5.14 Å². The number of hydrogen-bond donors (Lipinski definition) is 2. The number of para-hydroxylation sites is 1. The fourth-order valence-corrected chi connectivity index (χ4v) is 3.29. The maximum atomic E-state index is 11.8. The van der Waals surface area contributed by atoms with E-state index in [0.717, 1.165) is 5.75 Å². The number of hydrogen-bond acceptors (Lipinski definition) is 5. The topological polar surface area (TPSA) is 108 Å². The van der Waals surface area contributed by atoms with Gasteiger partial charge in [0.15, 0.2) is 0 Å². The highest BCUT2D eigenvalue weighted by Crippen LogP contribution is 2.25. The molecule has 0 spiro atoms. The molecule has 0 fully saturated rings. The van der Waals surface area contributed by atoms with Crippen molar-refractivity contribution in [1.29, 1.82) is 0 Å². The van der Waals surface area contributed by atoms with E-state index in [1.54, 1.807) is 19.9 Å². The molecule has 0 atom stereocenters. The zero-order valence-electron chi connectivity index (χ0n) is 15.4. The second kappa shape index (κ2) is 9.38. The zero-order valence-corrected chi connectivity index (χ0v) is 16.2. The van der Waals surface area contributed by atoms with Crippen molar-refractivity contribution in [3.05, 3.63) is 53.6 Å². The molecule has 0 bridgehead atoms. The summed E-state index contributed by atoms with van der Waals surface area (Å²) in [6.07, 6.45) is 0.246. The van der Waals surface area contributed by atoms with E-state index in [1.165, 1.54) is 6.07 Å². The Kier molecular flexibility index (Phi) is 7.20. The number of sulfonamides is 1. The van der Waals surface area contributed by atoms with E-state index in [4.69, 9.17) is 14.6 Å². The Bertz CT molecular complexity index is 882. The molecule has 7 nitrogen and oxygen atoms in total. The van der Waals surface area contributed by atoms with Crippen LogP contribution >= 0.6 is 0 Å². The van der Waals surface area contributed by atoms with E-state index >= 15 is 0 Å². The average molecular weight is 392 g/mol. The molecular formula is C19H24N2O5S. The monoisotopic (exact) mass is 392 g/mol. The van der Waals surface area contributed by atoms with Crippen molar-refractivity contribution in [1.82, 2.24) is 5.32 Å². The van der Waals surface area contributed by atoms with Crippen LogP contribution in [0.15, 0.2) is 47.4 Å². The molecule has 0 saturated heterocycles. The molecule has 8 heteroatoms. The van der Waals surface area contributed by atoms with Gasteiger partial charge in [-0.2, -0.15) is 0 Å². The largest absolute Gasteiger partial charge is 0.493 e. The molecule has 2 aromatic rings. The lowest BCUT2D eigenvalue weighted by atomic mass is 10.1. The van der Waals surface area contributed by atoms with Crippen LogP contribution in [-0.4, -0.2) is 34.1 Å². The highest BCUT2D eigenvalue weighted by atomic mass is 32.2. The Labute approximate surface area is 159 Å². The first-order valence-corrected chi connectivity index (χ1v) is 10.0. The van der Waals surface area contributed by atoms with Gasteiger partial charge in [0.1, 0.15) is 18.1 Å². The molecule has 0 radical (unpaired) electrons. The summed E-state index contributed by atoms with van der Waals surface area (Å²) in [5.74, 6) is 1.15. The molecule has 146 valence electrons. The van der Waals surface area contributed by atoms with E-state index in [0.29, 0.717) is 30.0 Å². The molecule has 27 heavy (non-hydrogen) atoms. The molecule has 3 N–H and O–H groups in total. The van der Waals surface area contributed by atoms with Gasteiger partial charge in [-0.15, -0.1) is 0 Å². The fraction of sp³-hybridized carbons (Fsp3) is 0.316. The van der Waals surface area contributed by atoms with Crippen LogP contribution in [0.3, 0.4) is 0 Å². The lowest BCUT2D eigenvalue weighted by Crippen LogP contribution is -2.29. The number of carbonyl (C=O) groups excluding carboxylic acids is 1. The minimum absolute atomic E-state index is 0.0825. The smallest absolute Gasteiger partial charge is 0.238 e. The van der Waals surface area contributed by atoms with Crippen LogP contribution in [0.4, 0.5) is 0 Å². The number of ether oxygens (including phenoxy) is 2. The minimum atomic E-state index is -3.76. The number of nitrogens with two attached hydrogens (primary N) is 1. The Hall–Kier alpha value is -2.58. The van der Waals surface area contributed by atoms with Gasteiger partial charge in [-0.25, -0.2) is 13.6 Å². The third kappa shape index (κ3) is 6.58. The predicted octanol–water partition coefficient (Wildman–Crippen LogP) is 1.91. The van der Waals surface area contributed by atoms with E-state index in [1.807, 2.05) is 30.3 Å². The minimum Gasteiger partial charge on any atom is -0.493 e. The predicted molar refractivity (Wildman–Crippen MR) is 102 cm³/mol. The van der Waals surface area contributed by atoms with Crippen molar-refractivity contribution in [3.8, 4) is 11.5 Å². The molecule has 0 aromatic heterocycles. The van der Waals surface area contributed by atoms with Crippen LogP contribution in [0.5, 0.6) is 11.5 Å². The molecule has 0 aliphatic rings. The first-order chi connectivity index (χ1) is 12.8. The number of aryl methyl sites for hydroxylation is 2. The SMILES string of the molecule is Cc1cc(S(N)(=O)=O)c(C)cc1OCCNC(=O)CCOc1ccccc1. The van der Waals surface area contributed by atoms with Gasteiger partial charge in [-0.05, 0) is 49.2 Å². The summed E-state index contributed by atoms with van der Waals surface area (Å²) >= 11 is 0. The standard InChI is InChI=1S/C19H24N2O5S/c1-14-13-18(27(20,23)24)15(2)12-17(14)26-11-9-21-19(22)8-10-25-16-6-4-3-5-7-16/h3-7,12-13H,8-11H2,1-2H3,(H,21,22)(H2,20,23,24). The van der Waals surface area contributed by atoms with Gasteiger partial charge in [-0.1, -0.05) is 18.2 Å². The number of nitrogens with one attached hydrogen (secondary N) is 1. The number of primary sulfonamides is 1. The Balaban J connectivity index is 1.73. The first-order valence-electron chi connectivity index (χ1n) is 8.49. The number of benzene rings is 2. The average Bonchev–Trinajstić information content (AvgIpc) is 2.61. The number of carbonyl (C=O) groups is 1. The summed E-state index contributed by atoms with van der Waals surface area (Å²) in [6, 6.07) is 12.4. The lowest BCUT2D eigenvalue weighted by Gasteiger charge is -2.13. The molecule has 0 aliphatic carbocycles. The second-order valence-corrected chi connectivity index (χ2v) is 7.57. The lowest BCUT2D eigenvalue weighted by molar-refractivity contribution is -0.121. The molecule has 0 aliphatic heterocycles. The van der Waals surface area contributed by atoms with Crippen LogP contribution in [0.2, 0.25) is 0 Å². The van der Waals surface area contributed by atoms with Crippen LogP contribution in [0.1, 0.15) is 17.5 Å². The molecule has 0 unspecified atom stereocenters. The number of rotatable bonds is 9. The van der Waals surface area contributed by atoms with E-state index < -0.39 is 10.0 Å². The Morgan fingerprint density at radius 1 is 1.04 bits per heavy atom. The molecule has 1 amide bonds. The number of amides is 1. The van der Waals surface area contributed by atoms with Gasteiger partial charge >= 0.3 is 0 Å². The maximum Gasteiger partial charge on any atom is 0.238 e. The molecule has 0 saturated carbocycles. The summed E-state index contributed by atoms with van der Waals surface area (Å²) in [7, 11) is -3.76. The quantitative estimate of drug-likeness (QED) is 0.634. The van der Waals surface area contributed by atoms with E-state index in [-0.39, 0.29) is 23.8 Å². The van der Waals surface area contributed by atoms with Gasteiger partial charge in [-0.3, -0.25) is 4.79 Å². The van der Waals surface area contributed by atoms with Gasteiger partial charge in [0.05, 0.1) is 24.5 Å². The van der Waals surface area contributed by atoms with Crippen molar-refractivity contribution in [2.75, 3.05) is 19.8 Å². The van der Waals surface area contributed by atoms with E-state index in [9.17, 15) is 13.2 Å². The summed E-state index contributed by atoms with van der Waals surface area (Å²) in [5.41, 5.74) is 1.17. The third-order valence-corrected chi connectivity index (χ3v) is 4.85. The summed E-state index contributed by atoms with van der Waals surface area (Å²) in [5, 5.41) is 7.93.